The highest BCUT2D eigenvalue weighted by molar-refractivity contribution is 7.47. The Kier molecular flexibility index (Phi) is 6.49. The Labute approximate surface area is 75.2 Å². The van der Waals surface area contributed by atoms with E-state index in [0.29, 0.717) is 12.5 Å². The van der Waals surface area contributed by atoms with Crippen LogP contribution >= 0.6 is 20.1 Å². The fraction of sp³-hybridized carbons (Fsp3) is 1.00. The average molecular weight is 199 g/mol. The zero-order valence-corrected chi connectivity index (χ0v) is 9.19. The smallest absolute Gasteiger partial charge is 0.186 e. The predicted molar refractivity (Wildman–Crippen MR) is 51.0 cm³/mol. The maximum atomic E-state index is 5.50. The van der Waals surface area contributed by atoms with Crippen molar-refractivity contribution in [2.24, 2.45) is 0 Å². The predicted octanol–water partition coefficient (Wildman–Crippen LogP) is 1.59. The SMILES string of the molecule is CN(C)P(OCCCl)N(C)C. The molecule has 5 heteroatoms. The lowest BCUT2D eigenvalue weighted by Gasteiger charge is -2.28. The van der Waals surface area contributed by atoms with E-state index in [1.165, 1.54) is 0 Å². The van der Waals surface area contributed by atoms with Gasteiger partial charge in [-0.25, -0.2) is 0 Å². The molecule has 0 heterocycles. The molecule has 0 N–H and O–H groups in total. The first-order valence-corrected chi connectivity index (χ1v) is 5.13. The second-order valence-corrected chi connectivity index (χ2v) is 5.21. The van der Waals surface area contributed by atoms with Crippen molar-refractivity contribution in [3.8, 4) is 0 Å². The Hall–Kier alpha value is 0.600. The van der Waals surface area contributed by atoms with E-state index in [1.807, 2.05) is 28.2 Å². The van der Waals surface area contributed by atoms with Crippen LogP contribution in [-0.4, -0.2) is 50.0 Å². The Morgan fingerprint density at radius 1 is 1.18 bits per heavy atom. The van der Waals surface area contributed by atoms with Crippen molar-refractivity contribution < 1.29 is 4.52 Å². The van der Waals surface area contributed by atoms with E-state index in [0.717, 1.165) is 0 Å². The molecule has 0 atom stereocenters. The highest BCUT2D eigenvalue weighted by atomic mass is 35.5. The molecule has 0 radical (unpaired) electrons. The zero-order valence-electron chi connectivity index (χ0n) is 7.54. The van der Waals surface area contributed by atoms with Crippen molar-refractivity contribution in [2.45, 2.75) is 0 Å². The van der Waals surface area contributed by atoms with Crippen molar-refractivity contribution in [2.75, 3.05) is 40.7 Å². The lowest BCUT2D eigenvalue weighted by molar-refractivity contribution is 0.317. The molecule has 0 bridgehead atoms. The van der Waals surface area contributed by atoms with Crippen LogP contribution in [0.3, 0.4) is 0 Å². The molecule has 0 rings (SSSR count). The van der Waals surface area contributed by atoms with Crippen molar-refractivity contribution in [1.29, 1.82) is 0 Å². The second kappa shape index (κ2) is 6.15. The molecule has 0 saturated heterocycles. The minimum Gasteiger partial charge on any atom is -0.330 e. The molecule has 0 aliphatic carbocycles. The minimum atomic E-state index is -0.602. The summed E-state index contributed by atoms with van der Waals surface area (Å²) in [5.41, 5.74) is 0. The lowest BCUT2D eigenvalue weighted by Crippen LogP contribution is -2.19. The standard InChI is InChI=1S/C6H16ClN2OP/c1-8(2)11(9(3)4)10-6-5-7/h5-6H2,1-4H3. The number of hydrogen-bond donors (Lipinski definition) is 0. The summed E-state index contributed by atoms with van der Waals surface area (Å²) >= 11 is 5.50. The maximum absolute atomic E-state index is 5.50. The molecule has 0 aliphatic rings. The molecule has 0 saturated carbocycles. The van der Waals surface area contributed by atoms with Crippen molar-refractivity contribution in [3.05, 3.63) is 0 Å². The fourth-order valence-corrected chi connectivity index (χ4v) is 2.32. The Bertz CT molecular complexity index is 94.6. The number of rotatable bonds is 5. The van der Waals surface area contributed by atoms with E-state index in [4.69, 9.17) is 16.1 Å². The average Bonchev–Trinajstić information content (AvgIpc) is 1.87. The topological polar surface area (TPSA) is 15.7 Å². The minimum absolute atomic E-state index is 0.556. The van der Waals surface area contributed by atoms with Crippen LogP contribution in [0.1, 0.15) is 0 Å². The molecular formula is C6H16ClN2OP. The van der Waals surface area contributed by atoms with Gasteiger partial charge in [0.25, 0.3) is 0 Å². The van der Waals surface area contributed by atoms with Gasteiger partial charge in [0.05, 0.1) is 6.61 Å². The summed E-state index contributed by atoms with van der Waals surface area (Å²) in [4.78, 5) is 0. The van der Waals surface area contributed by atoms with E-state index >= 15 is 0 Å². The van der Waals surface area contributed by atoms with Gasteiger partial charge in [-0.2, -0.15) is 0 Å². The molecule has 3 nitrogen and oxygen atoms in total. The highest BCUT2D eigenvalue weighted by Gasteiger charge is 2.14. The van der Waals surface area contributed by atoms with E-state index in [1.54, 1.807) is 0 Å². The lowest BCUT2D eigenvalue weighted by atomic mass is 10.9. The summed E-state index contributed by atoms with van der Waals surface area (Å²) in [6, 6.07) is 0. The van der Waals surface area contributed by atoms with Crippen molar-refractivity contribution in [1.82, 2.24) is 9.34 Å². The first kappa shape index (κ1) is 11.6. The molecule has 0 unspecified atom stereocenters. The van der Waals surface area contributed by atoms with Gasteiger partial charge in [-0.05, 0) is 28.2 Å². The molecule has 68 valence electrons. The molecule has 0 fully saturated rings. The Balaban J connectivity index is 3.70. The summed E-state index contributed by atoms with van der Waals surface area (Å²) < 4.78 is 9.61. The molecule has 0 aromatic rings. The Morgan fingerprint density at radius 2 is 1.64 bits per heavy atom. The van der Waals surface area contributed by atoms with Crippen LogP contribution in [-0.2, 0) is 4.52 Å². The van der Waals surface area contributed by atoms with Gasteiger partial charge in [0.2, 0.25) is 0 Å². The van der Waals surface area contributed by atoms with Crippen LogP contribution in [0.4, 0.5) is 0 Å². The van der Waals surface area contributed by atoms with E-state index in [2.05, 4.69) is 9.34 Å². The van der Waals surface area contributed by atoms with E-state index in [9.17, 15) is 0 Å². The number of halogens is 1. The molecular weight excluding hydrogens is 183 g/mol. The normalized spacial score (nSPS) is 12.0. The summed E-state index contributed by atoms with van der Waals surface area (Å²) in [5.74, 6) is 0.556. The third-order valence-corrected chi connectivity index (χ3v) is 2.90. The van der Waals surface area contributed by atoms with Gasteiger partial charge in [0, 0.05) is 5.88 Å². The van der Waals surface area contributed by atoms with Gasteiger partial charge in [-0.3, -0.25) is 9.34 Å². The van der Waals surface area contributed by atoms with Crippen LogP contribution in [0, 0.1) is 0 Å². The fourth-order valence-electron chi connectivity index (χ4n) is 0.705. The highest BCUT2D eigenvalue weighted by Crippen LogP contribution is 2.40. The van der Waals surface area contributed by atoms with Gasteiger partial charge in [-0.1, -0.05) is 0 Å². The molecule has 0 spiro atoms. The number of nitrogens with zero attached hydrogens (tertiary/aromatic N) is 2. The van der Waals surface area contributed by atoms with Gasteiger partial charge in [-0.15, -0.1) is 11.6 Å². The second-order valence-electron chi connectivity index (χ2n) is 2.47. The van der Waals surface area contributed by atoms with Crippen LogP contribution in [0.2, 0.25) is 0 Å². The number of alkyl halides is 1. The first-order valence-electron chi connectivity index (χ1n) is 3.43. The first-order chi connectivity index (χ1) is 5.09. The van der Waals surface area contributed by atoms with Crippen LogP contribution in [0.25, 0.3) is 0 Å². The van der Waals surface area contributed by atoms with E-state index < -0.39 is 8.45 Å². The summed E-state index contributed by atoms with van der Waals surface area (Å²) in [7, 11) is 7.40. The third kappa shape index (κ3) is 4.94. The molecule has 0 aliphatic heterocycles. The van der Waals surface area contributed by atoms with Crippen molar-refractivity contribution in [3.63, 3.8) is 0 Å². The molecule has 0 aromatic heterocycles. The van der Waals surface area contributed by atoms with E-state index in [-0.39, 0.29) is 0 Å². The number of hydrogen-bond acceptors (Lipinski definition) is 3. The summed E-state index contributed by atoms with van der Waals surface area (Å²) in [6.07, 6.45) is 0. The van der Waals surface area contributed by atoms with Gasteiger partial charge < -0.3 is 4.52 Å². The van der Waals surface area contributed by atoms with Gasteiger partial charge in [0.15, 0.2) is 8.45 Å². The quantitative estimate of drug-likeness (QED) is 0.493. The van der Waals surface area contributed by atoms with Crippen molar-refractivity contribution >= 4 is 20.1 Å². The van der Waals surface area contributed by atoms with Crippen LogP contribution in [0.5, 0.6) is 0 Å². The third-order valence-electron chi connectivity index (χ3n) is 0.968. The molecule has 0 aromatic carbocycles. The zero-order chi connectivity index (χ0) is 8.85. The van der Waals surface area contributed by atoms with Crippen LogP contribution < -0.4 is 0 Å². The van der Waals surface area contributed by atoms with Gasteiger partial charge in [0.1, 0.15) is 0 Å². The molecule has 11 heavy (non-hydrogen) atoms. The summed E-state index contributed by atoms with van der Waals surface area (Å²) in [6.45, 7) is 0.615. The monoisotopic (exact) mass is 198 g/mol. The maximum Gasteiger partial charge on any atom is 0.186 e. The molecule has 0 amide bonds. The Morgan fingerprint density at radius 3 is 1.91 bits per heavy atom. The van der Waals surface area contributed by atoms with Crippen LogP contribution in [0.15, 0.2) is 0 Å². The van der Waals surface area contributed by atoms with Gasteiger partial charge >= 0.3 is 0 Å². The largest absolute Gasteiger partial charge is 0.330 e. The summed E-state index contributed by atoms with van der Waals surface area (Å²) in [5, 5.41) is 0.